The van der Waals surface area contributed by atoms with Crippen LogP contribution >= 0.6 is 22.2 Å². The molecule has 0 heterocycles. The molecule has 0 saturated heterocycles. The summed E-state index contributed by atoms with van der Waals surface area (Å²) in [5.74, 6) is 0. The summed E-state index contributed by atoms with van der Waals surface area (Å²) < 4.78 is 0. The van der Waals surface area contributed by atoms with Gasteiger partial charge in [0.2, 0.25) is 0 Å². The van der Waals surface area contributed by atoms with Gasteiger partial charge in [0.1, 0.15) is 0 Å². The van der Waals surface area contributed by atoms with E-state index in [1.807, 2.05) is 6.92 Å². The van der Waals surface area contributed by atoms with Crippen LogP contribution in [0.3, 0.4) is 0 Å². The van der Waals surface area contributed by atoms with Crippen molar-refractivity contribution in [2.24, 2.45) is 0 Å². The number of halogens is 2. The van der Waals surface area contributed by atoms with E-state index in [9.17, 15) is 0 Å². The van der Waals surface area contributed by atoms with E-state index in [0.717, 1.165) is 6.42 Å². The minimum atomic E-state index is -2.71. The Morgan fingerprint density at radius 1 is 1.57 bits per heavy atom. The Kier molecular flexibility index (Phi) is 3.24. The highest BCUT2D eigenvalue weighted by molar-refractivity contribution is 7.41. The monoisotopic (exact) mass is 158 g/mol. The lowest BCUT2D eigenvalue weighted by Crippen LogP contribution is -2.16. The molecule has 1 nitrogen and oxygen atoms in total. The van der Waals surface area contributed by atoms with E-state index in [1.54, 1.807) is 0 Å². The first-order chi connectivity index (χ1) is 3.06. The zero-order valence-corrected chi connectivity index (χ0v) is 6.63. The molecule has 4 heteroatoms. The maximum absolute atomic E-state index is 8.69. The summed E-state index contributed by atoms with van der Waals surface area (Å²) in [6.45, 7) is -0.780. The van der Waals surface area contributed by atoms with Crippen LogP contribution in [-0.2, 0) is 0 Å². The Hall–Kier alpha value is 0.757. The second-order valence-electron chi connectivity index (χ2n) is 1.42. The van der Waals surface area contributed by atoms with Crippen LogP contribution in [0.1, 0.15) is 13.3 Å². The van der Waals surface area contributed by atoms with Crippen LogP contribution in [0.2, 0.25) is 6.04 Å². The van der Waals surface area contributed by atoms with E-state index in [-0.39, 0.29) is 0 Å². The van der Waals surface area contributed by atoms with Crippen molar-refractivity contribution < 1.29 is 4.80 Å². The van der Waals surface area contributed by atoms with Gasteiger partial charge in [-0.3, -0.25) is 0 Å². The lowest BCUT2D eigenvalue weighted by Gasteiger charge is -2.02. The fourth-order valence-electron chi connectivity index (χ4n) is 0.301. The highest BCUT2D eigenvalue weighted by Crippen LogP contribution is 2.16. The van der Waals surface area contributed by atoms with Gasteiger partial charge >= 0.3 is 6.94 Å². The van der Waals surface area contributed by atoms with E-state index < -0.39 is 6.94 Å². The van der Waals surface area contributed by atoms with Gasteiger partial charge in [0.05, 0.1) is 0 Å². The van der Waals surface area contributed by atoms with E-state index in [0.29, 0.717) is 6.04 Å². The predicted octanol–water partition coefficient (Wildman–Crippen LogP) is 1.81. The summed E-state index contributed by atoms with van der Waals surface area (Å²) in [5, 5.41) is 0. The molecule has 0 fully saturated rings. The SMILES string of the molecule is CCC[Si](O)(Cl)Cl. The Bertz CT molecular complexity index is 51.4. The van der Waals surface area contributed by atoms with Crippen molar-refractivity contribution in [1.82, 2.24) is 0 Å². The molecule has 0 saturated carbocycles. The molecule has 44 valence electrons. The van der Waals surface area contributed by atoms with Gasteiger partial charge in [0.15, 0.2) is 0 Å². The first kappa shape index (κ1) is 7.76. The van der Waals surface area contributed by atoms with Crippen molar-refractivity contribution in [1.29, 1.82) is 0 Å². The Balaban J connectivity index is 3.15. The molecular formula is C3H8Cl2OSi. The topological polar surface area (TPSA) is 20.2 Å². The first-order valence-corrected chi connectivity index (χ1v) is 6.34. The number of rotatable bonds is 2. The summed E-state index contributed by atoms with van der Waals surface area (Å²) in [7, 11) is 0. The predicted molar refractivity (Wildman–Crippen MR) is 34.8 cm³/mol. The molecule has 0 amide bonds. The van der Waals surface area contributed by atoms with Crippen LogP contribution in [0, 0.1) is 0 Å². The minimum Gasteiger partial charge on any atom is -0.409 e. The van der Waals surface area contributed by atoms with Crippen LogP contribution in [0.25, 0.3) is 0 Å². The van der Waals surface area contributed by atoms with Gasteiger partial charge in [-0.1, -0.05) is 13.3 Å². The third-order valence-electron chi connectivity index (χ3n) is 0.551. The first-order valence-electron chi connectivity index (χ1n) is 2.16. The zero-order valence-electron chi connectivity index (χ0n) is 4.12. The van der Waals surface area contributed by atoms with Gasteiger partial charge < -0.3 is 4.80 Å². The second kappa shape index (κ2) is 2.92. The molecule has 0 aromatic heterocycles. The Morgan fingerprint density at radius 2 is 2.00 bits per heavy atom. The van der Waals surface area contributed by atoms with Crippen molar-refractivity contribution in [3.8, 4) is 0 Å². The lowest BCUT2D eigenvalue weighted by molar-refractivity contribution is 0.579. The maximum Gasteiger partial charge on any atom is 0.386 e. The van der Waals surface area contributed by atoms with Crippen molar-refractivity contribution in [2.45, 2.75) is 19.4 Å². The molecule has 0 atom stereocenters. The summed E-state index contributed by atoms with van der Waals surface area (Å²) >= 11 is 10.6. The molecule has 0 unspecified atom stereocenters. The summed E-state index contributed by atoms with van der Waals surface area (Å²) in [5.41, 5.74) is 0. The number of hydrogen-bond acceptors (Lipinski definition) is 1. The minimum absolute atomic E-state index is 0.566. The van der Waals surface area contributed by atoms with Gasteiger partial charge in [-0.25, -0.2) is 0 Å². The molecule has 0 rings (SSSR count). The molecule has 0 aromatic carbocycles. The summed E-state index contributed by atoms with van der Waals surface area (Å²) in [4.78, 5) is 8.69. The second-order valence-corrected chi connectivity index (χ2v) is 7.58. The fourth-order valence-corrected chi connectivity index (χ4v) is 2.04. The van der Waals surface area contributed by atoms with Crippen molar-refractivity contribution in [2.75, 3.05) is 0 Å². The third kappa shape index (κ3) is 6.76. The van der Waals surface area contributed by atoms with Crippen molar-refractivity contribution in [3.05, 3.63) is 0 Å². The summed E-state index contributed by atoms with van der Waals surface area (Å²) in [6, 6.07) is 0.566. The molecule has 0 aliphatic rings. The van der Waals surface area contributed by atoms with Gasteiger partial charge in [-0.05, 0) is 6.04 Å². The van der Waals surface area contributed by atoms with E-state index in [2.05, 4.69) is 0 Å². The third-order valence-corrected chi connectivity index (χ3v) is 2.79. The molecule has 0 aromatic rings. The van der Waals surface area contributed by atoms with Crippen LogP contribution < -0.4 is 0 Å². The smallest absolute Gasteiger partial charge is 0.386 e. The highest BCUT2D eigenvalue weighted by atomic mass is 35.7. The van der Waals surface area contributed by atoms with Gasteiger partial charge in [0, 0.05) is 0 Å². The molecule has 7 heavy (non-hydrogen) atoms. The summed E-state index contributed by atoms with van der Waals surface area (Å²) in [6.07, 6.45) is 0.857. The van der Waals surface area contributed by atoms with Gasteiger partial charge in [0.25, 0.3) is 0 Å². The molecule has 0 bridgehead atoms. The largest absolute Gasteiger partial charge is 0.409 e. The fraction of sp³-hybridized carbons (Fsp3) is 1.00. The molecule has 0 radical (unpaired) electrons. The zero-order chi connectivity index (χ0) is 5.91. The quantitative estimate of drug-likeness (QED) is 0.481. The molecule has 0 aliphatic carbocycles. The van der Waals surface area contributed by atoms with Gasteiger partial charge in [-0.2, -0.15) is 0 Å². The van der Waals surface area contributed by atoms with E-state index in [1.165, 1.54) is 0 Å². The van der Waals surface area contributed by atoms with Crippen molar-refractivity contribution >= 4 is 29.1 Å². The molecule has 0 aliphatic heterocycles. The van der Waals surface area contributed by atoms with Crippen LogP contribution in [0.4, 0.5) is 0 Å². The van der Waals surface area contributed by atoms with Crippen LogP contribution in [-0.4, -0.2) is 11.7 Å². The Morgan fingerprint density at radius 3 is 2.00 bits per heavy atom. The molecule has 0 spiro atoms. The standard InChI is InChI=1S/C3H8Cl2OSi/c1-2-3-7(4,5)6/h6H,2-3H2,1H3. The normalized spacial score (nSPS) is 12.0. The molecular weight excluding hydrogens is 151 g/mol. The maximum atomic E-state index is 8.69. The average Bonchev–Trinajstić information content (AvgIpc) is 1.30. The van der Waals surface area contributed by atoms with E-state index in [4.69, 9.17) is 27.0 Å². The van der Waals surface area contributed by atoms with Crippen LogP contribution in [0.5, 0.6) is 0 Å². The Labute approximate surface area is 53.8 Å². The van der Waals surface area contributed by atoms with E-state index >= 15 is 0 Å². The molecule has 1 N–H and O–H groups in total. The highest BCUT2D eigenvalue weighted by Gasteiger charge is 2.22. The average molecular weight is 159 g/mol. The van der Waals surface area contributed by atoms with Gasteiger partial charge in [-0.15, -0.1) is 22.2 Å². The number of hydrogen-bond donors (Lipinski definition) is 1. The van der Waals surface area contributed by atoms with Crippen LogP contribution in [0.15, 0.2) is 0 Å². The lowest BCUT2D eigenvalue weighted by atomic mass is 10.6. The van der Waals surface area contributed by atoms with Crippen molar-refractivity contribution in [3.63, 3.8) is 0 Å².